The number of hydrogen-bond donors (Lipinski definition) is 1. The van der Waals surface area contributed by atoms with Gasteiger partial charge >= 0.3 is 0 Å². The third-order valence-electron chi connectivity index (χ3n) is 5.47. The number of rotatable bonds is 5. The van der Waals surface area contributed by atoms with Crippen LogP contribution in [-0.4, -0.2) is 20.5 Å². The number of hydrogen-bond acceptors (Lipinski definition) is 3. The molecule has 0 bridgehead atoms. The van der Waals surface area contributed by atoms with Gasteiger partial charge in [-0.05, 0) is 42.2 Å². The van der Waals surface area contributed by atoms with Gasteiger partial charge in [-0.2, -0.15) is 0 Å². The molecule has 2 heterocycles. The highest BCUT2D eigenvalue weighted by atomic mass is 16.1. The molecule has 2 aromatic carbocycles. The number of aryl methyl sites for hydroxylation is 1. The van der Waals surface area contributed by atoms with E-state index < -0.39 is 0 Å². The van der Waals surface area contributed by atoms with Gasteiger partial charge in [0.05, 0.1) is 29.2 Å². The van der Waals surface area contributed by atoms with Gasteiger partial charge in [-0.3, -0.25) is 19.9 Å². The molecular formula is C27H28N4O. The first-order valence-corrected chi connectivity index (χ1v) is 10.8. The Bertz CT molecular complexity index is 1280. The Morgan fingerprint density at radius 3 is 2.28 bits per heavy atom. The van der Waals surface area contributed by atoms with Crippen LogP contribution < -0.4 is 5.56 Å². The van der Waals surface area contributed by atoms with E-state index >= 15 is 0 Å². The summed E-state index contributed by atoms with van der Waals surface area (Å²) in [6.07, 6.45) is 1.76. The first-order valence-electron chi connectivity index (χ1n) is 10.8. The number of para-hydroxylation sites is 1. The summed E-state index contributed by atoms with van der Waals surface area (Å²) in [7, 11) is 0. The average molecular weight is 425 g/mol. The maximum absolute atomic E-state index is 13.5. The smallest absolute Gasteiger partial charge is 0.280 e. The normalized spacial score (nSPS) is 12.2. The standard InChI is InChI=1S/C27H28N4O/c1-19-24(26(32)31(30-19)23-11-6-5-7-12-23)25(29-18-22-10-8-9-17-28-22)20-13-15-21(16-14-20)27(2,3)4/h5-17,30H,18H2,1-4H3. The zero-order valence-corrected chi connectivity index (χ0v) is 19.0. The van der Waals surface area contributed by atoms with E-state index in [9.17, 15) is 4.79 Å². The molecular weight excluding hydrogens is 396 g/mol. The number of pyridine rings is 1. The van der Waals surface area contributed by atoms with Gasteiger partial charge in [0.1, 0.15) is 0 Å². The van der Waals surface area contributed by atoms with Crippen LogP contribution in [0.2, 0.25) is 0 Å². The van der Waals surface area contributed by atoms with Crippen LogP contribution in [0.4, 0.5) is 0 Å². The molecule has 0 fully saturated rings. The Balaban J connectivity index is 1.83. The summed E-state index contributed by atoms with van der Waals surface area (Å²) in [6.45, 7) is 8.87. The molecule has 0 amide bonds. The quantitative estimate of drug-likeness (QED) is 0.447. The number of nitrogens with zero attached hydrogens (tertiary/aromatic N) is 3. The Labute approximate surface area is 188 Å². The average Bonchev–Trinajstić information content (AvgIpc) is 3.09. The van der Waals surface area contributed by atoms with Crippen molar-refractivity contribution in [2.24, 2.45) is 4.99 Å². The van der Waals surface area contributed by atoms with E-state index in [0.29, 0.717) is 17.8 Å². The van der Waals surface area contributed by atoms with Gasteiger partial charge in [0.2, 0.25) is 0 Å². The fraction of sp³-hybridized carbons (Fsp3) is 0.222. The molecule has 2 aromatic heterocycles. The number of nitrogens with one attached hydrogen (secondary N) is 1. The summed E-state index contributed by atoms with van der Waals surface area (Å²) in [6, 6.07) is 23.7. The minimum atomic E-state index is -0.117. The van der Waals surface area contributed by atoms with Gasteiger partial charge < -0.3 is 0 Å². The van der Waals surface area contributed by atoms with Crippen molar-refractivity contribution in [2.45, 2.75) is 39.7 Å². The van der Waals surface area contributed by atoms with Gasteiger partial charge in [0.25, 0.3) is 5.56 Å². The molecule has 0 unspecified atom stereocenters. The van der Waals surface area contributed by atoms with Crippen molar-refractivity contribution in [3.05, 3.63) is 117 Å². The zero-order valence-electron chi connectivity index (χ0n) is 19.0. The summed E-state index contributed by atoms with van der Waals surface area (Å²) >= 11 is 0. The molecule has 0 saturated carbocycles. The minimum Gasteiger partial charge on any atom is -0.295 e. The van der Waals surface area contributed by atoms with E-state index in [1.165, 1.54) is 5.56 Å². The van der Waals surface area contributed by atoms with Crippen LogP contribution >= 0.6 is 0 Å². The van der Waals surface area contributed by atoms with Crippen molar-refractivity contribution in [1.29, 1.82) is 0 Å². The Morgan fingerprint density at radius 1 is 0.969 bits per heavy atom. The lowest BCUT2D eigenvalue weighted by molar-refractivity contribution is 0.590. The van der Waals surface area contributed by atoms with E-state index in [2.05, 4.69) is 55.1 Å². The highest BCUT2D eigenvalue weighted by molar-refractivity contribution is 6.13. The van der Waals surface area contributed by atoms with Crippen LogP contribution in [0.3, 0.4) is 0 Å². The SMILES string of the molecule is Cc1[nH]n(-c2ccccc2)c(=O)c1C(=NCc1ccccn1)c1ccc(C(C)(C)C)cc1. The molecule has 162 valence electrons. The third kappa shape index (κ3) is 4.47. The first-order chi connectivity index (χ1) is 15.3. The van der Waals surface area contributed by atoms with Crippen molar-refractivity contribution < 1.29 is 0 Å². The van der Waals surface area contributed by atoms with Gasteiger partial charge in [-0.25, -0.2) is 4.68 Å². The molecule has 4 rings (SSSR count). The van der Waals surface area contributed by atoms with E-state index in [0.717, 1.165) is 22.6 Å². The first kappa shape index (κ1) is 21.5. The van der Waals surface area contributed by atoms with Crippen molar-refractivity contribution in [3.8, 4) is 5.69 Å². The van der Waals surface area contributed by atoms with Crippen LogP contribution in [0.5, 0.6) is 0 Å². The second-order valence-corrected chi connectivity index (χ2v) is 8.90. The number of benzene rings is 2. The van der Waals surface area contributed by atoms with E-state index in [1.807, 2.05) is 55.5 Å². The molecule has 0 aliphatic carbocycles. The lowest BCUT2D eigenvalue weighted by Crippen LogP contribution is -2.22. The summed E-state index contributed by atoms with van der Waals surface area (Å²) in [5.74, 6) is 0. The van der Waals surface area contributed by atoms with Crippen molar-refractivity contribution >= 4 is 5.71 Å². The molecule has 0 atom stereocenters. The van der Waals surface area contributed by atoms with Crippen molar-refractivity contribution in [1.82, 2.24) is 14.8 Å². The van der Waals surface area contributed by atoms with Crippen LogP contribution in [-0.2, 0) is 12.0 Å². The highest BCUT2D eigenvalue weighted by Gasteiger charge is 2.20. The Hall–Kier alpha value is -3.73. The van der Waals surface area contributed by atoms with E-state index in [1.54, 1.807) is 10.9 Å². The minimum absolute atomic E-state index is 0.0494. The van der Waals surface area contributed by atoms with E-state index in [4.69, 9.17) is 4.99 Å². The molecule has 0 aliphatic rings. The van der Waals surface area contributed by atoms with Gasteiger partial charge in [0, 0.05) is 17.5 Å². The molecule has 1 N–H and O–H groups in total. The number of H-pyrrole nitrogens is 1. The predicted molar refractivity (Wildman–Crippen MR) is 130 cm³/mol. The molecule has 5 nitrogen and oxygen atoms in total. The number of aliphatic imine (C=N–C) groups is 1. The zero-order chi connectivity index (χ0) is 22.7. The highest BCUT2D eigenvalue weighted by Crippen LogP contribution is 2.23. The maximum atomic E-state index is 13.5. The fourth-order valence-corrected chi connectivity index (χ4v) is 3.68. The van der Waals surface area contributed by atoms with Crippen LogP contribution in [0.15, 0.2) is 88.8 Å². The van der Waals surface area contributed by atoms with Crippen LogP contribution in [0.25, 0.3) is 5.69 Å². The molecule has 5 heteroatoms. The van der Waals surface area contributed by atoms with Crippen LogP contribution in [0.1, 0.15) is 48.8 Å². The Morgan fingerprint density at radius 2 is 1.66 bits per heavy atom. The topological polar surface area (TPSA) is 63.0 Å². The van der Waals surface area contributed by atoms with Crippen LogP contribution in [0, 0.1) is 6.92 Å². The van der Waals surface area contributed by atoms with E-state index in [-0.39, 0.29) is 11.0 Å². The summed E-state index contributed by atoms with van der Waals surface area (Å²) in [5, 5.41) is 3.22. The summed E-state index contributed by atoms with van der Waals surface area (Å²) < 4.78 is 1.57. The largest absolute Gasteiger partial charge is 0.295 e. The predicted octanol–water partition coefficient (Wildman–Crippen LogP) is 5.20. The van der Waals surface area contributed by atoms with Crippen molar-refractivity contribution in [2.75, 3.05) is 0 Å². The molecule has 0 saturated heterocycles. The second kappa shape index (κ2) is 8.79. The fourth-order valence-electron chi connectivity index (χ4n) is 3.68. The summed E-state index contributed by atoms with van der Waals surface area (Å²) in [5.41, 5.74) is 5.75. The molecule has 32 heavy (non-hydrogen) atoms. The third-order valence-corrected chi connectivity index (χ3v) is 5.47. The Kier molecular flexibility index (Phi) is 5.91. The molecule has 4 aromatic rings. The molecule has 0 spiro atoms. The molecule has 0 radical (unpaired) electrons. The van der Waals surface area contributed by atoms with Crippen molar-refractivity contribution in [3.63, 3.8) is 0 Å². The monoisotopic (exact) mass is 424 g/mol. The van der Waals surface area contributed by atoms with Gasteiger partial charge in [0.15, 0.2) is 0 Å². The molecule has 0 aliphatic heterocycles. The lowest BCUT2D eigenvalue weighted by Gasteiger charge is -2.19. The summed E-state index contributed by atoms with van der Waals surface area (Å²) in [4.78, 5) is 22.7. The number of aromatic nitrogens is 3. The lowest BCUT2D eigenvalue weighted by atomic mass is 9.86. The maximum Gasteiger partial charge on any atom is 0.280 e. The number of aromatic amines is 1. The second-order valence-electron chi connectivity index (χ2n) is 8.90. The van der Waals surface area contributed by atoms with Gasteiger partial charge in [-0.1, -0.05) is 69.3 Å². The van der Waals surface area contributed by atoms with Gasteiger partial charge in [-0.15, -0.1) is 0 Å².